The highest BCUT2D eigenvalue weighted by Gasteiger charge is 2.20. The van der Waals surface area contributed by atoms with Crippen LogP contribution in [-0.2, 0) is 10.1 Å². The Morgan fingerprint density at radius 2 is 1.11 bits per heavy atom. The van der Waals surface area contributed by atoms with E-state index in [1.165, 1.54) is 0 Å². The molecule has 0 atom stereocenters. The Morgan fingerprint density at radius 1 is 0.750 bits per heavy atom. The number of nitrogens with zero attached hydrogens (tertiary/aromatic N) is 1. The van der Waals surface area contributed by atoms with Crippen LogP contribution in [0.1, 0.15) is 44.9 Å². The van der Waals surface area contributed by atoms with Crippen molar-refractivity contribution in [2.45, 2.75) is 51.4 Å². The van der Waals surface area contributed by atoms with Crippen LogP contribution < -0.4 is 0 Å². The van der Waals surface area contributed by atoms with Crippen molar-refractivity contribution in [3.05, 3.63) is 50.6 Å². The predicted octanol–water partition coefficient (Wildman–Crippen LogP) is 5.07. The third-order valence-electron chi connectivity index (χ3n) is 4.13. The number of quaternary nitrogens is 1. The number of hydrogen-bond acceptors (Lipinski definition) is 3. The molecule has 0 amide bonds. The lowest BCUT2D eigenvalue weighted by atomic mass is 10.1. The Balaban J connectivity index is 0. The van der Waals surface area contributed by atoms with Gasteiger partial charge < -0.3 is 9.04 Å². The highest BCUT2D eigenvalue weighted by molar-refractivity contribution is 7.85. The zero-order chi connectivity index (χ0) is 21.9. The maximum atomic E-state index is 11.7. The summed E-state index contributed by atoms with van der Waals surface area (Å²) >= 11 is 0. The molecule has 0 spiro atoms. The Labute approximate surface area is 170 Å². The van der Waals surface area contributed by atoms with Crippen LogP contribution in [0.15, 0.2) is 50.6 Å². The fourth-order valence-corrected chi connectivity index (χ4v) is 3.38. The van der Waals surface area contributed by atoms with Gasteiger partial charge in [-0.25, -0.2) is 17.2 Å². The number of alkyl halides is 2. The molecule has 7 heteroatoms. The maximum absolute atomic E-state index is 11.7. The normalized spacial score (nSPS) is 11.4. The van der Waals surface area contributed by atoms with Gasteiger partial charge in [-0.1, -0.05) is 52.0 Å². The summed E-state index contributed by atoms with van der Waals surface area (Å²) in [6.45, 7) is 18.8. The molecular weight excluding hydrogens is 384 g/mol. The van der Waals surface area contributed by atoms with Gasteiger partial charge in [-0.2, -0.15) is 0 Å². The molecule has 0 aliphatic rings. The molecule has 0 aromatic rings. The van der Waals surface area contributed by atoms with Crippen LogP contribution >= 0.6 is 0 Å². The number of hydrogen-bond donors (Lipinski definition) is 0. The predicted molar refractivity (Wildman–Crippen MR) is 113 cm³/mol. The summed E-state index contributed by atoms with van der Waals surface area (Å²) in [4.78, 5) is 0. The van der Waals surface area contributed by atoms with E-state index < -0.39 is 16.5 Å². The molecule has 164 valence electrons. The minimum atomic E-state index is -4.08. The molecule has 28 heavy (non-hydrogen) atoms. The fraction of sp³-hybridized carbons (Fsp3) is 0.619. The second kappa shape index (κ2) is 17.8. The number of unbranched alkanes of at least 4 members (excludes halogenated alkanes) is 5. The molecule has 0 aliphatic heterocycles. The van der Waals surface area contributed by atoms with Gasteiger partial charge in [-0.15, -0.1) is 0 Å². The van der Waals surface area contributed by atoms with Crippen LogP contribution in [0, 0.1) is 0 Å². The average molecular weight is 422 g/mol. The minimum Gasteiger partial charge on any atom is -0.748 e. The SMILES string of the molecule is C=CC[N+](CC=C)(CC=C)CC=C.O=S(=O)([O-])CCCCCCCCC(F)F. The van der Waals surface area contributed by atoms with Gasteiger partial charge in [0.15, 0.2) is 0 Å². The van der Waals surface area contributed by atoms with Crippen LogP contribution in [0.4, 0.5) is 8.78 Å². The van der Waals surface area contributed by atoms with Gasteiger partial charge in [0.2, 0.25) is 6.43 Å². The fourth-order valence-electron chi connectivity index (χ4n) is 2.83. The van der Waals surface area contributed by atoms with E-state index >= 15 is 0 Å². The molecule has 4 nitrogen and oxygen atoms in total. The summed E-state index contributed by atoms with van der Waals surface area (Å²) in [6, 6.07) is 0. The first-order chi connectivity index (χ1) is 13.2. The van der Waals surface area contributed by atoms with Gasteiger partial charge in [-0.05, 0) is 37.1 Å². The van der Waals surface area contributed by atoms with E-state index in [0.717, 1.165) is 49.9 Å². The lowest BCUT2D eigenvalue weighted by Gasteiger charge is -2.35. The van der Waals surface area contributed by atoms with Crippen molar-refractivity contribution in [2.24, 2.45) is 0 Å². The summed E-state index contributed by atoms with van der Waals surface area (Å²) in [7, 11) is -4.08. The first-order valence-electron chi connectivity index (χ1n) is 9.66. The van der Waals surface area contributed by atoms with E-state index in [9.17, 15) is 21.8 Å². The molecule has 0 saturated carbocycles. The third kappa shape index (κ3) is 19.5. The Morgan fingerprint density at radius 3 is 1.43 bits per heavy atom. The molecule has 0 heterocycles. The smallest absolute Gasteiger partial charge is 0.238 e. The molecule has 0 fully saturated rings. The average Bonchev–Trinajstić information content (AvgIpc) is 2.57. The quantitative estimate of drug-likeness (QED) is 0.142. The molecule has 0 bridgehead atoms. The minimum absolute atomic E-state index is 0.0606. The van der Waals surface area contributed by atoms with Crippen LogP contribution in [0.3, 0.4) is 0 Å². The van der Waals surface area contributed by atoms with Crippen molar-refractivity contribution < 1.29 is 26.2 Å². The largest absolute Gasteiger partial charge is 0.748 e. The van der Waals surface area contributed by atoms with E-state index in [1.54, 1.807) is 0 Å². The zero-order valence-corrected chi connectivity index (χ0v) is 17.9. The third-order valence-corrected chi connectivity index (χ3v) is 4.92. The molecule has 0 aliphatic carbocycles. The molecule has 0 saturated heterocycles. The van der Waals surface area contributed by atoms with Gasteiger partial charge in [0, 0.05) is 12.2 Å². The second-order valence-corrected chi connectivity index (χ2v) is 8.31. The van der Waals surface area contributed by atoms with Crippen molar-refractivity contribution in [1.82, 2.24) is 0 Å². The molecule has 0 rings (SSSR count). The van der Waals surface area contributed by atoms with Crippen LogP contribution in [0.25, 0.3) is 0 Å². The molecular formula is C21H37F2NO3S. The standard InChI is InChI=1S/C12H20N.C9H18F2O3S/c1-5-9-13(10-6-2,11-7-3)12-8-4;10-9(11)7-5-3-1-2-4-6-8-15(12,13)14/h5-8H,1-4,9-12H2;9H,1-8H2,(H,12,13,14)/q+1;/p-1. The maximum Gasteiger partial charge on any atom is 0.238 e. The lowest BCUT2D eigenvalue weighted by molar-refractivity contribution is -0.906. The van der Waals surface area contributed by atoms with E-state index in [0.29, 0.717) is 19.3 Å². The summed E-state index contributed by atoms with van der Waals surface area (Å²) in [5.41, 5.74) is 0. The van der Waals surface area contributed by atoms with Crippen molar-refractivity contribution in [3.8, 4) is 0 Å². The van der Waals surface area contributed by atoms with E-state index in [2.05, 4.69) is 26.3 Å². The van der Waals surface area contributed by atoms with Gasteiger partial charge in [0.05, 0.1) is 36.3 Å². The van der Waals surface area contributed by atoms with Crippen molar-refractivity contribution >= 4 is 10.1 Å². The number of halogens is 2. The molecule has 0 aromatic carbocycles. The van der Waals surface area contributed by atoms with E-state index in [-0.39, 0.29) is 12.2 Å². The Kier molecular flexibility index (Phi) is 18.3. The molecule has 0 aromatic heterocycles. The van der Waals surface area contributed by atoms with Crippen LogP contribution in [0.5, 0.6) is 0 Å². The molecule has 0 unspecified atom stereocenters. The van der Waals surface area contributed by atoms with Crippen molar-refractivity contribution in [1.29, 1.82) is 0 Å². The topological polar surface area (TPSA) is 57.2 Å². The molecule has 0 radical (unpaired) electrons. The highest BCUT2D eigenvalue weighted by Crippen LogP contribution is 2.11. The first-order valence-corrected chi connectivity index (χ1v) is 11.2. The van der Waals surface area contributed by atoms with Crippen molar-refractivity contribution in [3.63, 3.8) is 0 Å². The summed E-state index contributed by atoms with van der Waals surface area (Å²) in [6.07, 6.45) is 9.41. The summed E-state index contributed by atoms with van der Waals surface area (Å²) in [5, 5.41) is 0. The number of rotatable bonds is 17. The van der Waals surface area contributed by atoms with E-state index in [4.69, 9.17) is 0 Å². The summed E-state index contributed by atoms with van der Waals surface area (Å²) < 4.78 is 54.9. The van der Waals surface area contributed by atoms with E-state index in [1.807, 2.05) is 24.3 Å². The first kappa shape index (κ1) is 28.9. The van der Waals surface area contributed by atoms with Crippen LogP contribution in [0.2, 0.25) is 0 Å². The summed E-state index contributed by atoms with van der Waals surface area (Å²) in [5.74, 6) is -0.315. The highest BCUT2D eigenvalue weighted by atomic mass is 32.2. The van der Waals surface area contributed by atoms with Gasteiger partial charge in [0.25, 0.3) is 0 Å². The Hall–Kier alpha value is -1.31. The second-order valence-electron chi connectivity index (χ2n) is 6.79. The molecule has 0 N–H and O–H groups in total. The van der Waals surface area contributed by atoms with Gasteiger partial charge >= 0.3 is 0 Å². The monoisotopic (exact) mass is 421 g/mol. The van der Waals surface area contributed by atoms with Crippen LogP contribution in [-0.4, -0.2) is 55.8 Å². The Bertz CT molecular complexity index is 488. The van der Waals surface area contributed by atoms with Gasteiger partial charge in [0.1, 0.15) is 0 Å². The van der Waals surface area contributed by atoms with Crippen molar-refractivity contribution in [2.75, 3.05) is 31.9 Å². The van der Waals surface area contributed by atoms with Gasteiger partial charge in [-0.3, -0.25) is 0 Å². The zero-order valence-electron chi connectivity index (χ0n) is 17.0. The lowest BCUT2D eigenvalue weighted by Crippen LogP contribution is -2.48.